The van der Waals surface area contributed by atoms with Crippen molar-refractivity contribution in [1.82, 2.24) is 4.98 Å². The van der Waals surface area contributed by atoms with E-state index in [1.54, 1.807) is 6.92 Å². The van der Waals surface area contributed by atoms with E-state index in [0.717, 1.165) is 12.1 Å². The average Bonchev–Trinajstić information content (AvgIpc) is 2.75. The summed E-state index contributed by atoms with van der Waals surface area (Å²) in [5.41, 5.74) is -0.698. The smallest absolute Gasteiger partial charge is 0.321 e. The van der Waals surface area contributed by atoms with Crippen molar-refractivity contribution in [2.45, 2.75) is 13.1 Å². The molecule has 0 aliphatic heterocycles. The number of aromatic nitrogens is 1. The molecule has 3 nitrogen and oxygen atoms in total. The monoisotopic (exact) mass is 286 g/mol. The zero-order valence-electron chi connectivity index (χ0n) is 9.78. The predicted molar refractivity (Wildman–Crippen MR) is 66.2 cm³/mol. The van der Waals surface area contributed by atoms with Crippen LogP contribution >= 0.6 is 11.3 Å². The Morgan fingerprint density at radius 1 is 1.37 bits per heavy atom. The molecule has 1 aromatic heterocycles. The van der Waals surface area contributed by atoms with Gasteiger partial charge in [-0.25, -0.2) is 4.98 Å². The lowest BCUT2D eigenvalue weighted by Gasteiger charge is -2.09. The van der Waals surface area contributed by atoms with Crippen molar-refractivity contribution >= 4 is 22.9 Å². The first-order chi connectivity index (χ1) is 8.86. The number of rotatable bonds is 2. The van der Waals surface area contributed by atoms with E-state index >= 15 is 0 Å². The lowest BCUT2D eigenvalue weighted by Crippen LogP contribution is -2.11. The topological polar surface area (TPSA) is 42.0 Å². The molecule has 19 heavy (non-hydrogen) atoms. The average molecular weight is 286 g/mol. The number of carbonyl (C=O) groups excluding carboxylic acids is 1. The number of hydrogen-bond donors (Lipinski definition) is 1. The second kappa shape index (κ2) is 5.00. The highest BCUT2D eigenvalue weighted by atomic mass is 32.1. The van der Waals surface area contributed by atoms with Gasteiger partial charge in [0.2, 0.25) is 0 Å². The number of thiazole rings is 1. The van der Waals surface area contributed by atoms with Crippen molar-refractivity contribution < 1.29 is 18.0 Å². The highest BCUT2D eigenvalue weighted by Gasteiger charge is 2.30. The van der Waals surface area contributed by atoms with Crippen molar-refractivity contribution in [2.75, 3.05) is 5.32 Å². The van der Waals surface area contributed by atoms with Gasteiger partial charge in [0.25, 0.3) is 5.91 Å². The van der Waals surface area contributed by atoms with Crippen LogP contribution in [0.3, 0.4) is 0 Å². The fourth-order valence-corrected chi connectivity index (χ4v) is 2.11. The summed E-state index contributed by atoms with van der Waals surface area (Å²) in [6.45, 7) is 1.74. The number of halogens is 3. The molecule has 1 amide bonds. The van der Waals surface area contributed by atoms with Crippen LogP contribution in [-0.4, -0.2) is 10.9 Å². The van der Waals surface area contributed by atoms with Crippen molar-refractivity contribution in [1.29, 1.82) is 0 Å². The van der Waals surface area contributed by atoms with Gasteiger partial charge >= 0.3 is 6.18 Å². The Labute approximate surface area is 111 Å². The van der Waals surface area contributed by atoms with E-state index in [9.17, 15) is 18.0 Å². The van der Waals surface area contributed by atoms with E-state index in [-0.39, 0.29) is 5.69 Å². The van der Waals surface area contributed by atoms with E-state index in [1.807, 2.05) is 0 Å². The Balaban J connectivity index is 2.18. The van der Waals surface area contributed by atoms with Crippen LogP contribution in [0.25, 0.3) is 0 Å². The molecule has 0 bridgehead atoms. The van der Waals surface area contributed by atoms with Crippen LogP contribution in [0.4, 0.5) is 18.9 Å². The minimum absolute atomic E-state index is 0.103. The molecule has 0 unspecified atom stereocenters. The lowest BCUT2D eigenvalue weighted by molar-refractivity contribution is -0.137. The maximum atomic E-state index is 12.5. The summed E-state index contributed by atoms with van der Waals surface area (Å²) in [7, 11) is 0. The minimum Gasteiger partial charge on any atom is -0.321 e. The van der Waals surface area contributed by atoms with Gasteiger partial charge in [-0.3, -0.25) is 4.79 Å². The quantitative estimate of drug-likeness (QED) is 0.914. The number of hydrogen-bond acceptors (Lipinski definition) is 3. The first-order valence-electron chi connectivity index (χ1n) is 5.27. The van der Waals surface area contributed by atoms with Crippen molar-refractivity contribution in [2.24, 2.45) is 0 Å². The predicted octanol–water partition coefficient (Wildman–Crippen LogP) is 3.72. The van der Waals surface area contributed by atoms with Crippen molar-refractivity contribution in [3.8, 4) is 0 Å². The maximum absolute atomic E-state index is 12.5. The number of amides is 1. The molecule has 0 spiro atoms. The Morgan fingerprint density at radius 3 is 2.68 bits per heavy atom. The maximum Gasteiger partial charge on any atom is 0.416 e. The third-order valence-electron chi connectivity index (χ3n) is 2.29. The van der Waals surface area contributed by atoms with E-state index in [4.69, 9.17) is 0 Å². The van der Waals surface area contributed by atoms with Crippen LogP contribution in [0, 0.1) is 6.92 Å². The summed E-state index contributed by atoms with van der Waals surface area (Å²) in [5, 5.41) is 3.13. The summed E-state index contributed by atoms with van der Waals surface area (Å²) in [6, 6.07) is 4.50. The highest BCUT2D eigenvalue weighted by molar-refractivity contribution is 7.13. The third kappa shape index (κ3) is 3.31. The molecule has 2 rings (SSSR count). The van der Waals surface area contributed by atoms with Gasteiger partial charge in [0.05, 0.1) is 16.8 Å². The number of anilines is 1. The zero-order chi connectivity index (χ0) is 14.0. The molecular formula is C12H9F3N2OS. The molecule has 100 valence electrons. The molecule has 0 saturated heterocycles. The number of alkyl halides is 3. The number of nitrogens with zero attached hydrogens (tertiary/aromatic N) is 1. The molecule has 1 heterocycles. The number of nitrogens with one attached hydrogen (secondary N) is 1. The van der Waals surface area contributed by atoms with Crippen LogP contribution in [0.5, 0.6) is 0 Å². The molecule has 0 radical (unpaired) electrons. The van der Waals surface area contributed by atoms with Gasteiger partial charge < -0.3 is 5.32 Å². The second-order valence-electron chi connectivity index (χ2n) is 3.78. The van der Waals surface area contributed by atoms with Gasteiger partial charge in [0.1, 0.15) is 4.88 Å². The molecule has 7 heteroatoms. The summed E-state index contributed by atoms with van der Waals surface area (Å²) >= 11 is 1.18. The summed E-state index contributed by atoms with van der Waals surface area (Å²) in [6.07, 6.45) is -3.04. The molecule has 0 aliphatic rings. The van der Waals surface area contributed by atoms with Gasteiger partial charge in [-0.05, 0) is 25.1 Å². The summed E-state index contributed by atoms with van der Waals surface area (Å²) < 4.78 is 37.5. The normalized spacial score (nSPS) is 11.4. The Hall–Kier alpha value is -1.89. The summed E-state index contributed by atoms with van der Waals surface area (Å²) in [5.74, 6) is -0.468. The molecule has 1 N–H and O–H groups in total. The van der Waals surface area contributed by atoms with Crippen LogP contribution in [0.15, 0.2) is 30.5 Å². The molecular weight excluding hydrogens is 277 g/mol. The largest absolute Gasteiger partial charge is 0.416 e. The van der Waals surface area contributed by atoms with Crippen LogP contribution in [0.2, 0.25) is 0 Å². The van der Waals surface area contributed by atoms with Gasteiger partial charge in [-0.1, -0.05) is 6.07 Å². The standard InChI is InChI=1S/C12H9F3N2OS/c1-7-16-6-10(19-7)11(18)17-9-4-2-3-8(5-9)12(13,14)15/h2-6H,1H3,(H,17,18). The fraction of sp³-hybridized carbons (Fsp3) is 0.167. The van der Waals surface area contributed by atoms with Crippen LogP contribution < -0.4 is 5.32 Å². The van der Waals surface area contributed by atoms with Crippen molar-refractivity contribution in [3.63, 3.8) is 0 Å². The Morgan fingerprint density at radius 2 is 2.11 bits per heavy atom. The number of aryl methyl sites for hydroxylation is 1. The van der Waals surface area contributed by atoms with E-state index in [2.05, 4.69) is 10.3 Å². The number of carbonyl (C=O) groups is 1. The van der Waals surface area contributed by atoms with Crippen LogP contribution in [-0.2, 0) is 6.18 Å². The third-order valence-corrected chi connectivity index (χ3v) is 3.20. The lowest BCUT2D eigenvalue weighted by atomic mass is 10.2. The van der Waals surface area contributed by atoms with Crippen LogP contribution in [0.1, 0.15) is 20.2 Å². The first-order valence-corrected chi connectivity index (χ1v) is 6.09. The molecule has 0 fully saturated rings. The van der Waals surface area contributed by atoms with Crippen molar-refractivity contribution in [3.05, 3.63) is 45.9 Å². The Kier molecular flexibility index (Phi) is 3.57. The molecule has 0 saturated carbocycles. The van der Waals surface area contributed by atoms with E-state index in [0.29, 0.717) is 9.88 Å². The zero-order valence-corrected chi connectivity index (χ0v) is 10.6. The summed E-state index contributed by atoms with van der Waals surface area (Å²) in [4.78, 5) is 16.0. The Bertz CT molecular complexity index is 607. The van der Waals surface area contributed by atoms with Gasteiger partial charge in [0, 0.05) is 5.69 Å². The van der Waals surface area contributed by atoms with E-state index < -0.39 is 17.6 Å². The van der Waals surface area contributed by atoms with Gasteiger partial charge in [-0.15, -0.1) is 11.3 Å². The SMILES string of the molecule is Cc1ncc(C(=O)Nc2cccc(C(F)(F)F)c2)s1. The fourth-order valence-electron chi connectivity index (χ4n) is 1.43. The highest BCUT2D eigenvalue weighted by Crippen LogP contribution is 2.30. The van der Waals surface area contributed by atoms with Gasteiger partial charge in [-0.2, -0.15) is 13.2 Å². The molecule has 2 aromatic rings. The van der Waals surface area contributed by atoms with Gasteiger partial charge in [0.15, 0.2) is 0 Å². The molecule has 1 aromatic carbocycles. The minimum atomic E-state index is -4.43. The molecule has 0 aliphatic carbocycles. The first kappa shape index (κ1) is 13.5. The molecule has 0 atom stereocenters. The number of benzene rings is 1. The second-order valence-corrected chi connectivity index (χ2v) is 5.01. The van der Waals surface area contributed by atoms with E-state index in [1.165, 1.54) is 29.7 Å².